The van der Waals surface area contributed by atoms with Gasteiger partial charge in [-0.05, 0) is 39.8 Å². The summed E-state index contributed by atoms with van der Waals surface area (Å²) in [7, 11) is -0.662. The zero-order valence-corrected chi connectivity index (χ0v) is 16.1. The minimum atomic E-state index is -0.662. The van der Waals surface area contributed by atoms with Crippen molar-refractivity contribution in [3.8, 4) is 0 Å². The molecule has 0 amide bonds. The van der Waals surface area contributed by atoms with Crippen LogP contribution in [0.2, 0.25) is 0 Å². The second-order valence-electron chi connectivity index (χ2n) is 8.51. The van der Waals surface area contributed by atoms with Gasteiger partial charge in [0.25, 0.3) is 0 Å². The van der Waals surface area contributed by atoms with Gasteiger partial charge in [-0.3, -0.25) is 4.90 Å². The van der Waals surface area contributed by atoms with E-state index in [-0.39, 0.29) is 5.82 Å². The summed E-state index contributed by atoms with van der Waals surface area (Å²) in [4.78, 5) is 4.71. The van der Waals surface area contributed by atoms with Gasteiger partial charge in [0, 0.05) is 37.3 Å². The van der Waals surface area contributed by atoms with E-state index >= 15 is 0 Å². The number of piperazine rings is 1. The van der Waals surface area contributed by atoms with Crippen LogP contribution in [0.25, 0.3) is 0 Å². The molecule has 0 spiro atoms. The molecule has 0 saturated carbocycles. The minimum Gasteiger partial charge on any atom is -0.399 e. The molecule has 0 aliphatic carbocycles. The lowest BCUT2D eigenvalue weighted by molar-refractivity contribution is -0.0660. The van der Waals surface area contributed by atoms with Crippen LogP contribution in [0.5, 0.6) is 0 Å². The van der Waals surface area contributed by atoms with Gasteiger partial charge in [0.1, 0.15) is 5.82 Å². The molecule has 1 aromatic rings. The Balaban J connectivity index is 1.44. The Bertz CT molecular complexity index is 657. The van der Waals surface area contributed by atoms with Crippen molar-refractivity contribution in [2.24, 2.45) is 0 Å². The van der Waals surface area contributed by atoms with Crippen molar-refractivity contribution in [2.75, 3.05) is 44.3 Å². The SMILES string of the molecule is CC1(C)OB(c2ccc(N3CCN(C4COC4)CC3)cc2F)OC1(C)C. The summed E-state index contributed by atoms with van der Waals surface area (Å²) >= 11 is 0. The Kier molecular flexibility index (Phi) is 4.54. The smallest absolute Gasteiger partial charge is 0.399 e. The van der Waals surface area contributed by atoms with Crippen molar-refractivity contribution in [2.45, 2.75) is 44.9 Å². The van der Waals surface area contributed by atoms with E-state index in [1.165, 1.54) is 0 Å². The van der Waals surface area contributed by atoms with E-state index in [1.807, 2.05) is 33.8 Å². The fourth-order valence-electron chi connectivity index (χ4n) is 3.65. The van der Waals surface area contributed by atoms with E-state index < -0.39 is 18.3 Å². The first-order chi connectivity index (χ1) is 12.3. The van der Waals surface area contributed by atoms with E-state index in [2.05, 4.69) is 9.80 Å². The highest BCUT2D eigenvalue weighted by atomic mass is 19.1. The summed E-state index contributed by atoms with van der Waals surface area (Å²) in [5.74, 6) is -0.268. The van der Waals surface area contributed by atoms with Gasteiger partial charge in [0.15, 0.2) is 0 Å². The molecule has 0 atom stereocenters. The predicted octanol–water partition coefficient (Wildman–Crippen LogP) is 1.65. The molecule has 3 fully saturated rings. The van der Waals surface area contributed by atoms with Crippen LogP contribution in [0.4, 0.5) is 10.1 Å². The highest BCUT2D eigenvalue weighted by Gasteiger charge is 2.52. The molecule has 3 saturated heterocycles. The highest BCUT2D eigenvalue weighted by Crippen LogP contribution is 2.36. The molecule has 26 heavy (non-hydrogen) atoms. The summed E-state index contributed by atoms with van der Waals surface area (Å²) in [6.45, 7) is 13.4. The minimum absolute atomic E-state index is 0.268. The standard InChI is InChI=1S/C19H28BFN2O3/c1-18(2)19(3,4)26-20(25-18)16-6-5-14(11-17(16)21)22-7-9-23(10-8-22)15-12-24-13-15/h5-6,11,15H,7-10,12-13H2,1-4H3. The Morgan fingerprint density at radius 1 is 1.00 bits per heavy atom. The van der Waals surface area contributed by atoms with Crippen molar-refractivity contribution in [3.05, 3.63) is 24.0 Å². The first kappa shape index (κ1) is 18.2. The van der Waals surface area contributed by atoms with Crippen LogP contribution in [0, 0.1) is 5.82 Å². The molecule has 142 valence electrons. The Labute approximate surface area is 155 Å². The number of ether oxygens (including phenoxy) is 1. The predicted molar refractivity (Wildman–Crippen MR) is 101 cm³/mol. The second-order valence-corrected chi connectivity index (χ2v) is 8.51. The largest absolute Gasteiger partial charge is 0.497 e. The maximum atomic E-state index is 14.8. The monoisotopic (exact) mass is 362 g/mol. The molecule has 3 heterocycles. The van der Waals surface area contributed by atoms with E-state index in [4.69, 9.17) is 14.0 Å². The van der Waals surface area contributed by atoms with Crippen molar-refractivity contribution >= 4 is 18.3 Å². The van der Waals surface area contributed by atoms with Gasteiger partial charge < -0.3 is 18.9 Å². The lowest BCUT2D eigenvalue weighted by atomic mass is 9.78. The van der Waals surface area contributed by atoms with E-state index in [0.717, 1.165) is 45.1 Å². The molecule has 0 bridgehead atoms. The summed E-state index contributed by atoms with van der Waals surface area (Å²) in [6, 6.07) is 5.96. The van der Waals surface area contributed by atoms with Crippen LogP contribution in [0.3, 0.4) is 0 Å². The van der Waals surface area contributed by atoms with Gasteiger partial charge in [-0.1, -0.05) is 6.07 Å². The molecule has 3 aliphatic heterocycles. The third kappa shape index (κ3) is 3.15. The molecule has 3 aliphatic rings. The van der Waals surface area contributed by atoms with Gasteiger partial charge in [-0.15, -0.1) is 0 Å². The van der Waals surface area contributed by atoms with Gasteiger partial charge >= 0.3 is 7.12 Å². The lowest BCUT2D eigenvalue weighted by Crippen LogP contribution is -2.56. The van der Waals surface area contributed by atoms with Gasteiger partial charge in [-0.2, -0.15) is 0 Å². The topological polar surface area (TPSA) is 34.2 Å². The van der Waals surface area contributed by atoms with E-state index in [0.29, 0.717) is 11.5 Å². The maximum Gasteiger partial charge on any atom is 0.497 e. The normalized spacial score (nSPS) is 26.2. The average Bonchev–Trinajstić information content (AvgIpc) is 2.74. The summed E-state index contributed by atoms with van der Waals surface area (Å²) in [6.07, 6.45) is 0. The zero-order valence-electron chi connectivity index (χ0n) is 16.1. The van der Waals surface area contributed by atoms with Crippen molar-refractivity contribution in [3.63, 3.8) is 0 Å². The first-order valence-corrected chi connectivity index (χ1v) is 9.49. The number of hydrogen-bond acceptors (Lipinski definition) is 5. The number of benzene rings is 1. The molecule has 7 heteroatoms. The van der Waals surface area contributed by atoms with Gasteiger partial charge in [0.2, 0.25) is 0 Å². The molecule has 5 nitrogen and oxygen atoms in total. The van der Waals surface area contributed by atoms with E-state index in [1.54, 1.807) is 12.1 Å². The lowest BCUT2D eigenvalue weighted by Gasteiger charge is -2.43. The molecule has 0 radical (unpaired) electrons. The van der Waals surface area contributed by atoms with Crippen LogP contribution >= 0.6 is 0 Å². The fourth-order valence-corrected chi connectivity index (χ4v) is 3.65. The van der Waals surface area contributed by atoms with Gasteiger partial charge in [0.05, 0.1) is 30.5 Å². The zero-order chi connectivity index (χ0) is 18.5. The van der Waals surface area contributed by atoms with Gasteiger partial charge in [-0.25, -0.2) is 4.39 Å². The summed E-state index contributed by atoms with van der Waals surface area (Å²) < 4.78 is 32.1. The van der Waals surface area contributed by atoms with Crippen LogP contribution in [-0.2, 0) is 14.0 Å². The number of hydrogen-bond donors (Lipinski definition) is 0. The fraction of sp³-hybridized carbons (Fsp3) is 0.684. The molecular formula is C19H28BFN2O3. The molecule has 0 aromatic heterocycles. The number of rotatable bonds is 3. The third-order valence-corrected chi connectivity index (χ3v) is 6.31. The summed E-state index contributed by atoms with van der Waals surface area (Å²) in [5.41, 5.74) is 0.458. The molecule has 4 rings (SSSR count). The first-order valence-electron chi connectivity index (χ1n) is 9.49. The Hall–Kier alpha value is -1.15. The number of halogens is 1. The molecule has 0 unspecified atom stereocenters. The van der Waals surface area contributed by atoms with Crippen molar-refractivity contribution < 1.29 is 18.4 Å². The molecule has 1 aromatic carbocycles. The van der Waals surface area contributed by atoms with Crippen LogP contribution in [0.15, 0.2) is 18.2 Å². The van der Waals surface area contributed by atoms with Crippen LogP contribution in [-0.4, -0.2) is 68.7 Å². The maximum absolute atomic E-state index is 14.8. The van der Waals surface area contributed by atoms with Crippen molar-refractivity contribution in [1.82, 2.24) is 4.90 Å². The Morgan fingerprint density at radius 3 is 2.12 bits per heavy atom. The van der Waals surface area contributed by atoms with E-state index in [9.17, 15) is 4.39 Å². The summed E-state index contributed by atoms with van der Waals surface area (Å²) in [5, 5.41) is 0. The van der Waals surface area contributed by atoms with Crippen molar-refractivity contribution in [1.29, 1.82) is 0 Å². The van der Waals surface area contributed by atoms with Crippen LogP contribution in [0.1, 0.15) is 27.7 Å². The third-order valence-electron chi connectivity index (χ3n) is 6.31. The highest BCUT2D eigenvalue weighted by molar-refractivity contribution is 6.62. The van der Waals surface area contributed by atoms with Crippen LogP contribution < -0.4 is 10.4 Å². The Morgan fingerprint density at radius 2 is 1.62 bits per heavy atom. The quantitative estimate of drug-likeness (QED) is 0.764. The number of anilines is 1. The molecule has 0 N–H and O–H groups in total. The number of nitrogens with zero attached hydrogens (tertiary/aromatic N) is 2. The molecular weight excluding hydrogens is 334 g/mol. The average molecular weight is 362 g/mol. The second kappa shape index (κ2) is 6.48.